The molecule has 3 heteroatoms. The van der Waals surface area contributed by atoms with Crippen LogP contribution in [0.3, 0.4) is 0 Å². The maximum Gasteiger partial charge on any atom is 0.336 e. The van der Waals surface area contributed by atoms with Crippen LogP contribution in [0.5, 0.6) is 0 Å². The third-order valence-electron chi connectivity index (χ3n) is 1.86. The highest BCUT2D eigenvalue weighted by atomic mass is 32.2. The molecule has 0 aliphatic heterocycles. The first kappa shape index (κ1) is 11.9. The molecule has 2 nitrogen and oxygen atoms in total. The molecule has 0 saturated carbocycles. The molecule has 80 valence electrons. The SMILES string of the molecule is C=C(C)C(=O)OC[S+](C)c1ccccc1. The van der Waals surface area contributed by atoms with E-state index in [1.807, 2.05) is 30.3 Å². The lowest BCUT2D eigenvalue weighted by Crippen LogP contribution is -2.14. The van der Waals surface area contributed by atoms with Gasteiger partial charge >= 0.3 is 5.97 Å². The summed E-state index contributed by atoms with van der Waals surface area (Å²) in [7, 11) is -0.0547. The van der Waals surface area contributed by atoms with Crippen LogP contribution in [0.4, 0.5) is 0 Å². The zero-order chi connectivity index (χ0) is 11.3. The van der Waals surface area contributed by atoms with Crippen LogP contribution in [-0.2, 0) is 20.4 Å². The smallest absolute Gasteiger partial charge is 0.336 e. The first-order valence-corrected chi connectivity index (χ1v) is 6.41. The molecule has 0 radical (unpaired) electrons. The fourth-order valence-corrected chi connectivity index (χ4v) is 2.03. The lowest BCUT2D eigenvalue weighted by Gasteiger charge is -2.04. The number of rotatable bonds is 4. The molecule has 0 aromatic heterocycles. The maximum atomic E-state index is 11.2. The summed E-state index contributed by atoms with van der Waals surface area (Å²) < 4.78 is 5.09. The summed E-state index contributed by atoms with van der Waals surface area (Å²) in [6.07, 6.45) is 2.06. The standard InChI is InChI=1S/C12H15O2S/c1-10(2)12(13)14-9-15(3)11-7-5-4-6-8-11/h4-8H,1,9H2,2-3H3/q+1. The Hall–Kier alpha value is -1.22. The van der Waals surface area contributed by atoms with Gasteiger partial charge in [-0.15, -0.1) is 0 Å². The van der Waals surface area contributed by atoms with Crippen molar-refractivity contribution in [2.75, 3.05) is 12.2 Å². The number of carbonyl (C=O) groups excluding carboxylic acids is 1. The second-order valence-electron chi connectivity index (χ2n) is 3.28. The summed E-state index contributed by atoms with van der Waals surface area (Å²) in [5, 5.41) is 0. The molecule has 0 saturated heterocycles. The van der Waals surface area contributed by atoms with Gasteiger partial charge in [-0.25, -0.2) is 4.79 Å². The Bertz CT molecular complexity index is 346. The molecule has 1 rings (SSSR count). The van der Waals surface area contributed by atoms with E-state index in [0.717, 1.165) is 0 Å². The van der Waals surface area contributed by atoms with Gasteiger partial charge in [0.05, 0.1) is 10.9 Å². The molecule has 0 fully saturated rings. The van der Waals surface area contributed by atoms with Crippen molar-refractivity contribution >= 4 is 16.9 Å². The van der Waals surface area contributed by atoms with Gasteiger partial charge < -0.3 is 4.74 Å². The fraction of sp³-hybridized carbons (Fsp3) is 0.250. The molecule has 0 bridgehead atoms. The Morgan fingerprint density at radius 2 is 2.00 bits per heavy atom. The zero-order valence-electron chi connectivity index (χ0n) is 9.03. The highest BCUT2D eigenvalue weighted by Gasteiger charge is 2.17. The van der Waals surface area contributed by atoms with E-state index in [1.54, 1.807) is 6.92 Å². The molecule has 0 amide bonds. The van der Waals surface area contributed by atoms with E-state index >= 15 is 0 Å². The van der Waals surface area contributed by atoms with Gasteiger partial charge in [-0.3, -0.25) is 0 Å². The van der Waals surface area contributed by atoms with Crippen LogP contribution in [0.25, 0.3) is 0 Å². The lowest BCUT2D eigenvalue weighted by atomic mass is 10.4. The maximum absolute atomic E-state index is 11.2. The first-order valence-electron chi connectivity index (χ1n) is 4.61. The van der Waals surface area contributed by atoms with Crippen LogP contribution in [0.1, 0.15) is 6.92 Å². The second kappa shape index (κ2) is 5.61. The molecule has 1 aromatic carbocycles. The molecular weight excluding hydrogens is 208 g/mol. The van der Waals surface area contributed by atoms with Crippen LogP contribution in [0, 0.1) is 0 Å². The predicted octanol–water partition coefficient (Wildman–Crippen LogP) is 2.37. The van der Waals surface area contributed by atoms with Gasteiger partial charge in [0.15, 0.2) is 4.90 Å². The van der Waals surface area contributed by atoms with E-state index in [1.165, 1.54) is 4.90 Å². The monoisotopic (exact) mass is 223 g/mol. The predicted molar refractivity (Wildman–Crippen MR) is 63.8 cm³/mol. The molecule has 1 atom stereocenters. The summed E-state index contributed by atoms with van der Waals surface area (Å²) in [5.74, 6) is 0.112. The highest BCUT2D eigenvalue weighted by molar-refractivity contribution is 7.96. The molecule has 0 aliphatic rings. The largest absolute Gasteiger partial charge is 0.415 e. The van der Waals surface area contributed by atoms with Crippen molar-refractivity contribution in [1.29, 1.82) is 0 Å². The van der Waals surface area contributed by atoms with Crippen molar-refractivity contribution in [3.8, 4) is 0 Å². The van der Waals surface area contributed by atoms with Crippen LogP contribution in [0.2, 0.25) is 0 Å². The van der Waals surface area contributed by atoms with Crippen molar-refractivity contribution < 1.29 is 9.53 Å². The molecular formula is C12H15O2S+. The Morgan fingerprint density at radius 3 is 2.53 bits per heavy atom. The van der Waals surface area contributed by atoms with Crippen LogP contribution >= 0.6 is 0 Å². The molecule has 1 unspecified atom stereocenters. The number of benzene rings is 1. The van der Waals surface area contributed by atoms with Crippen molar-refractivity contribution in [3.05, 3.63) is 42.5 Å². The quantitative estimate of drug-likeness (QED) is 0.445. The normalized spacial score (nSPS) is 11.9. The third-order valence-corrected chi connectivity index (χ3v) is 3.41. The van der Waals surface area contributed by atoms with Gasteiger partial charge in [-0.1, -0.05) is 24.8 Å². The average molecular weight is 223 g/mol. The van der Waals surface area contributed by atoms with Crippen LogP contribution in [-0.4, -0.2) is 18.2 Å². The lowest BCUT2D eigenvalue weighted by molar-refractivity contribution is -0.136. The number of carbonyl (C=O) groups is 1. The number of hydrogen-bond acceptors (Lipinski definition) is 2. The third kappa shape index (κ3) is 3.80. The minimum atomic E-state index is -0.315. The first-order chi connectivity index (χ1) is 7.11. The van der Waals surface area contributed by atoms with Crippen LogP contribution < -0.4 is 0 Å². The van der Waals surface area contributed by atoms with Crippen LogP contribution in [0.15, 0.2) is 47.4 Å². The van der Waals surface area contributed by atoms with Gasteiger partial charge in [0.2, 0.25) is 0 Å². The summed E-state index contributed by atoms with van der Waals surface area (Å²) >= 11 is 0. The van der Waals surface area contributed by atoms with E-state index in [9.17, 15) is 4.79 Å². The van der Waals surface area contributed by atoms with Gasteiger partial charge in [0.1, 0.15) is 6.26 Å². The van der Waals surface area contributed by atoms with Gasteiger partial charge in [0.25, 0.3) is 5.94 Å². The molecule has 0 heterocycles. The van der Waals surface area contributed by atoms with E-state index in [-0.39, 0.29) is 16.9 Å². The average Bonchev–Trinajstić information content (AvgIpc) is 2.26. The molecule has 1 aromatic rings. The van der Waals surface area contributed by atoms with Crippen molar-refractivity contribution in [2.24, 2.45) is 0 Å². The van der Waals surface area contributed by atoms with E-state index < -0.39 is 0 Å². The van der Waals surface area contributed by atoms with Crippen molar-refractivity contribution in [1.82, 2.24) is 0 Å². The Kier molecular flexibility index (Phi) is 4.43. The minimum Gasteiger partial charge on any atom is -0.415 e. The van der Waals surface area contributed by atoms with Crippen molar-refractivity contribution in [2.45, 2.75) is 11.8 Å². The topological polar surface area (TPSA) is 26.3 Å². The number of hydrogen-bond donors (Lipinski definition) is 0. The van der Waals surface area contributed by atoms with Gasteiger partial charge in [0, 0.05) is 5.57 Å². The van der Waals surface area contributed by atoms with Crippen molar-refractivity contribution in [3.63, 3.8) is 0 Å². The number of esters is 1. The summed E-state index contributed by atoms with van der Waals surface area (Å²) in [5.41, 5.74) is 0.445. The van der Waals surface area contributed by atoms with Gasteiger partial charge in [-0.05, 0) is 19.1 Å². The van der Waals surface area contributed by atoms with E-state index in [2.05, 4.69) is 12.8 Å². The van der Waals surface area contributed by atoms with E-state index in [4.69, 9.17) is 4.74 Å². The van der Waals surface area contributed by atoms with Gasteiger partial charge in [-0.2, -0.15) is 0 Å². The minimum absolute atomic E-state index is 0.0547. The summed E-state index contributed by atoms with van der Waals surface area (Å²) in [6.45, 7) is 5.19. The van der Waals surface area contributed by atoms with E-state index in [0.29, 0.717) is 11.5 Å². The Labute approximate surface area is 93.3 Å². The summed E-state index contributed by atoms with van der Waals surface area (Å²) in [6, 6.07) is 10.0. The Morgan fingerprint density at radius 1 is 1.40 bits per heavy atom. The molecule has 0 spiro atoms. The molecule has 0 N–H and O–H groups in total. The fourth-order valence-electron chi connectivity index (χ4n) is 0.986. The summed E-state index contributed by atoms with van der Waals surface area (Å²) in [4.78, 5) is 12.4. The Balaban J connectivity index is 2.47. The second-order valence-corrected chi connectivity index (χ2v) is 5.26. The highest BCUT2D eigenvalue weighted by Crippen LogP contribution is 2.11. The molecule has 15 heavy (non-hydrogen) atoms. The zero-order valence-corrected chi connectivity index (χ0v) is 9.84. The molecule has 0 aliphatic carbocycles. The number of ether oxygens (including phenoxy) is 1.